The number of aliphatic imine (C=N–C) groups is 1. The van der Waals surface area contributed by atoms with E-state index >= 15 is 4.39 Å². The molecule has 1 aromatic carbocycles. The molecule has 11 nitrogen and oxygen atoms in total. The Hall–Kier alpha value is -3.74. The Kier molecular flexibility index (Phi) is 7.15. The highest BCUT2D eigenvalue weighted by Crippen LogP contribution is 2.29. The molecule has 35 heavy (non-hydrogen) atoms. The Morgan fingerprint density at radius 2 is 2.00 bits per heavy atom. The first-order valence-corrected chi connectivity index (χ1v) is 12.0. The number of halogens is 1. The Bertz CT molecular complexity index is 1160. The van der Waals surface area contributed by atoms with Crippen molar-refractivity contribution in [3.8, 4) is 0 Å². The minimum absolute atomic E-state index is 0.0268. The zero-order chi connectivity index (χ0) is 25.1. The van der Waals surface area contributed by atoms with E-state index in [9.17, 15) is 14.4 Å². The molecule has 2 saturated heterocycles. The van der Waals surface area contributed by atoms with Crippen molar-refractivity contribution in [1.82, 2.24) is 9.88 Å². The van der Waals surface area contributed by atoms with Crippen LogP contribution in [0.3, 0.4) is 0 Å². The molecule has 0 aliphatic carbocycles. The molecule has 0 bridgehead atoms. The first kappa shape index (κ1) is 24.4. The van der Waals surface area contributed by atoms with Crippen molar-refractivity contribution in [2.75, 3.05) is 42.5 Å². The van der Waals surface area contributed by atoms with Gasteiger partial charge >= 0.3 is 6.09 Å². The molecule has 2 aliphatic rings. The molecule has 2 amide bonds. The van der Waals surface area contributed by atoms with E-state index in [4.69, 9.17) is 16.2 Å². The van der Waals surface area contributed by atoms with Crippen LogP contribution < -0.4 is 21.3 Å². The molecule has 0 unspecified atom stereocenters. The van der Waals surface area contributed by atoms with E-state index in [1.54, 1.807) is 22.4 Å². The zero-order valence-corrected chi connectivity index (χ0v) is 20.0. The number of piperazine rings is 1. The molecular formula is C22H26FN7O4S. The van der Waals surface area contributed by atoms with Crippen LogP contribution in [0.1, 0.15) is 30.3 Å². The van der Waals surface area contributed by atoms with Crippen LogP contribution in [-0.4, -0.2) is 72.5 Å². The van der Waals surface area contributed by atoms with E-state index in [1.807, 2.05) is 4.90 Å². The van der Waals surface area contributed by atoms with E-state index in [0.29, 0.717) is 55.5 Å². The minimum Gasteiger partial charge on any atom is -0.444 e. The summed E-state index contributed by atoms with van der Waals surface area (Å²) in [5, 5.41) is 1.91. The number of amides is 2. The number of nitrogens with zero attached hydrogens (tertiary/aromatic N) is 5. The maximum atomic E-state index is 15.0. The highest BCUT2D eigenvalue weighted by atomic mass is 32.1. The number of aromatic nitrogens is 1. The van der Waals surface area contributed by atoms with Gasteiger partial charge in [-0.15, -0.1) is 11.3 Å². The zero-order valence-electron chi connectivity index (χ0n) is 19.1. The Balaban J connectivity index is 1.36. The number of carbonyl (C=O) groups is 3. The van der Waals surface area contributed by atoms with Crippen molar-refractivity contribution >= 4 is 51.6 Å². The summed E-state index contributed by atoms with van der Waals surface area (Å²) in [6.45, 7) is 3.42. The molecule has 4 rings (SSSR count). The average Bonchev–Trinajstić information content (AvgIpc) is 3.43. The second kappa shape index (κ2) is 10.3. The van der Waals surface area contributed by atoms with Crippen LogP contribution in [0.25, 0.3) is 0 Å². The summed E-state index contributed by atoms with van der Waals surface area (Å²) in [5.41, 5.74) is 11.7. The number of ketones is 1. The van der Waals surface area contributed by atoms with Gasteiger partial charge in [-0.05, 0) is 31.5 Å². The van der Waals surface area contributed by atoms with Crippen molar-refractivity contribution in [3.63, 3.8) is 0 Å². The molecule has 0 saturated carbocycles. The molecular weight excluding hydrogens is 477 g/mol. The summed E-state index contributed by atoms with van der Waals surface area (Å²) in [6, 6.07) is 4.60. The van der Waals surface area contributed by atoms with Crippen LogP contribution in [0.2, 0.25) is 0 Å². The van der Waals surface area contributed by atoms with Gasteiger partial charge in [0.15, 0.2) is 5.96 Å². The van der Waals surface area contributed by atoms with Gasteiger partial charge in [0.2, 0.25) is 5.13 Å². The number of benzene rings is 1. The molecule has 1 atom stereocenters. The summed E-state index contributed by atoms with van der Waals surface area (Å²) in [6.07, 6.45) is -0.179. The number of thiazole rings is 1. The van der Waals surface area contributed by atoms with Crippen molar-refractivity contribution in [3.05, 3.63) is 35.1 Å². The van der Waals surface area contributed by atoms with E-state index in [-0.39, 0.29) is 29.9 Å². The van der Waals surface area contributed by atoms with Gasteiger partial charge in [0.25, 0.3) is 5.91 Å². The van der Waals surface area contributed by atoms with Gasteiger partial charge in [-0.2, -0.15) is 4.99 Å². The number of nitrogens with two attached hydrogens (primary N) is 2. The third-order valence-corrected chi connectivity index (χ3v) is 6.51. The van der Waals surface area contributed by atoms with E-state index in [0.717, 1.165) is 0 Å². The lowest BCUT2D eigenvalue weighted by molar-refractivity contribution is -0.117. The van der Waals surface area contributed by atoms with E-state index in [1.165, 1.54) is 29.2 Å². The van der Waals surface area contributed by atoms with Crippen LogP contribution in [0.5, 0.6) is 0 Å². The number of Topliss-reactive ketones (excluding diaryl/α,β-unsaturated/α-hetero) is 1. The Morgan fingerprint density at radius 1 is 1.26 bits per heavy atom. The monoisotopic (exact) mass is 503 g/mol. The number of anilines is 2. The quantitative estimate of drug-likeness (QED) is 0.430. The molecule has 2 fully saturated rings. The van der Waals surface area contributed by atoms with Crippen molar-refractivity contribution in [2.24, 2.45) is 16.5 Å². The van der Waals surface area contributed by atoms with Crippen molar-refractivity contribution in [2.45, 2.75) is 25.9 Å². The van der Waals surface area contributed by atoms with Gasteiger partial charge in [-0.3, -0.25) is 9.69 Å². The first-order valence-electron chi connectivity index (χ1n) is 11.1. The van der Waals surface area contributed by atoms with Crippen LogP contribution in [0.4, 0.5) is 25.7 Å². The highest BCUT2D eigenvalue weighted by molar-refractivity contribution is 7.13. The number of hydrogen-bond acceptors (Lipinski definition) is 8. The molecule has 186 valence electrons. The van der Waals surface area contributed by atoms with Crippen LogP contribution in [0.15, 0.2) is 28.6 Å². The third-order valence-electron chi connectivity index (χ3n) is 5.78. The molecule has 3 heterocycles. The first-order chi connectivity index (χ1) is 16.7. The molecule has 0 radical (unpaired) electrons. The van der Waals surface area contributed by atoms with Gasteiger partial charge in [-0.25, -0.2) is 14.2 Å². The van der Waals surface area contributed by atoms with Crippen LogP contribution >= 0.6 is 11.3 Å². The number of cyclic esters (lactones) is 1. The smallest absolute Gasteiger partial charge is 0.414 e. The summed E-state index contributed by atoms with van der Waals surface area (Å²) in [7, 11) is 0. The maximum absolute atomic E-state index is 15.0. The molecule has 13 heteroatoms. The number of ether oxygens (including phenoxy) is 1. The van der Waals surface area contributed by atoms with Gasteiger partial charge in [0.05, 0.1) is 17.9 Å². The van der Waals surface area contributed by atoms with Crippen LogP contribution in [-0.2, 0) is 9.53 Å². The predicted molar refractivity (Wildman–Crippen MR) is 130 cm³/mol. The fourth-order valence-electron chi connectivity index (χ4n) is 4.00. The third kappa shape index (κ3) is 5.67. The average molecular weight is 504 g/mol. The van der Waals surface area contributed by atoms with E-state index in [2.05, 4.69) is 9.98 Å². The maximum Gasteiger partial charge on any atom is 0.414 e. The summed E-state index contributed by atoms with van der Waals surface area (Å²) < 4.78 is 20.3. The van der Waals surface area contributed by atoms with Crippen LogP contribution in [0, 0.1) is 5.82 Å². The summed E-state index contributed by atoms with van der Waals surface area (Å²) in [4.78, 5) is 49.0. The lowest BCUT2D eigenvalue weighted by atomic mass is 10.1. The minimum atomic E-state index is -0.553. The molecule has 2 aliphatic heterocycles. The number of guanidine groups is 1. The van der Waals surface area contributed by atoms with Crippen molar-refractivity contribution in [1.29, 1.82) is 0 Å². The SMILES string of the molecule is CC(=O)CC[C@H]1CN(c2ccc(N3CCN(C(=O)c4csc(N=C(N)N)n4)CC3)c(F)c2)C(=O)O1. The summed E-state index contributed by atoms with van der Waals surface area (Å²) >= 11 is 1.17. The lowest BCUT2D eigenvalue weighted by Gasteiger charge is -2.36. The summed E-state index contributed by atoms with van der Waals surface area (Å²) in [5.74, 6) is -0.808. The molecule has 1 aromatic heterocycles. The Labute approximate surface area is 205 Å². The van der Waals surface area contributed by atoms with Gasteiger partial charge in [0, 0.05) is 38.0 Å². The fraction of sp³-hybridized carbons (Fsp3) is 0.409. The van der Waals surface area contributed by atoms with E-state index < -0.39 is 18.0 Å². The topological polar surface area (TPSA) is 147 Å². The highest BCUT2D eigenvalue weighted by Gasteiger charge is 2.33. The lowest BCUT2D eigenvalue weighted by Crippen LogP contribution is -2.49. The second-order valence-electron chi connectivity index (χ2n) is 8.32. The second-order valence-corrected chi connectivity index (χ2v) is 9.16. The number of rotatable bonds is 7. The van der Waals surface area contributed by atoms with Crippen molar-refractivity contribution < 1.29 is 23.5 Å². The Morgan fingerprint density at radius 3 is 2.66 bits per heavy atom. The largest absolute Gasteiger partial charge is 0.444 e. The fourth-order valence-corrected chi connectivity index (χ4v) is 4.68. The predicted octanol–water partition coefficient (Wildman–Crippen LogP) is 1.84. The van der Waals surface area contributed by atoms with Gasteiger partial charge in [0.1, 0.15) is 23.4 Å². The number of carbonyl (C=O) groups excluding carboxylic acids is 3. The van der Waals surface area contributed by atoms with Gasteiger partial charge < -0.3 is 30.8 Å². The number of hydrogen-bond donors (Lipinski definition) is 2. The van der Waals surface area contributed by atoms with Gasteiger partial charge in [-0.1, -0.05) is 0 Å². The normalized spacial score (nSPS) is 17.9. The standard InChI is InChI=1S/C22H26FN7O4S/c1-13(31)2-4-15-11-30(22(33)34-15)14-3-5-18(16(23)10-14)28-6-8-29(9-7-28)19(32)17-12-35-21(26-17)27-20(24)25/h3,5,10,12,15H,2,4,6-9,11H2,1H3,(H4,24,25,26,27)/t15-/m0/s1. The molecule has 2 aromatic rings. The molecule has 0 spiro atoms. The molecule has 4 N–H and O–H groups in total.